The van der Waals surface area contributed by atoms with Crippen LogP contribution in [0.3, 0.4) is 0 Å². The molecule has 10 heteroatoms. The van der Waals surface area contributed by atoms with Gasteiger partial charge in [-0.15, -0.1) is 11.8 Å². The number of ether oxygens (including phenoxy) is 1. The van der Waals surface area contributed by atoms with Gasteiger partial charge in [0.1, 0.15) is 23.8 Å². The van der Waals surface area contributed by atoms with E-state index in [2.05, 4.69) is 5.32 Å². The minimum absolute atomic E-state index is 0.231. The van der Waals surface area contributed by atoms with Gasteiger partial charge in [0.2, 0.25) is 0 Å². The summed E-state index contributed by atoms with van der Waals surface area (Å²) in [5, 5.41) is 11.7. The predicted octanol–water partition coefficient (Wildman–Crippen LogP) is 5.86. The summed E-state index contributed by atoms with van der Waals surface area (Å²) in [6.07, 6.45) is 0. The predicted molar refractivity (Wildman–Crippen MR) is 133 cm³/mol. The van der Waals surface area contributed by atoms with Crippen LogP contribution in [-0.2, 0) is 5.75 Å². The van der Waals surface area contributed by atoms with Crippen molar-refractivity contribution in [2.45, 2.75) is 15.5 Å². The summed E-state index contributed by atoms with van der Waals surface area (Å²) in [4.78, 5) is 25.6. The maximum absolute atomic E-state index is 13.2. The highest BCUT2D eigenvalue weighted by Crippen LogP contribution is 2.32. The summed E-state index contributed by atoms with van der Waals surface area (Å²) in [6.45, 7) is 0.485. The average Bonchev–Trinajstić information content (AvgIpc) is 3.26. The van der Waals surface area contributed by atoms with Crippen LogP contribution in [0.4, 0.5) is 9.18 Å². The molecule has 0 unspecified atom stereocenters. The molecule has 180 valence electrons. The molecule has 2 amide bonds. The van der Waals surface area contributed by atoms with Gasteiger partial charge in [-0.05, 0) is 66.4 Å². The van der Waals surface area contributed by atoms with Gasteiger partial charge in [-0.2, -0.15) is 0 Å². The summed E-state index contributed by atoms with van der Waals surface area (Å²) in [5.74, 6) is 0.661. The van der Waals surface area contributed by atoms with Crippen molar-refractivity contribution in [2.24, 2.45) is 0 Å². The van der Waals surface area contributed by atoms with Crippen LogP contribution in [-0.4, -0.2) is 29.5 Å². The zero-order valence-electron chi connectivity index (χ0n) is 18.3. The minimum Gasteiger partial charge on any atom is -0.492 e. The van der Waals surface area contributed by atoms with Crippen molar-refractivity contribution in [3.05, 3.63) is 89.9 Å². The number of rotatable bonds is 9. The summed E-state index contributed by atoms with van der Waals surface area (Å²) in [5.41, 5.74) is 2.95. The second kappa shape index (κ2) is 11.8. The van der Waals surface area contributed by atoms with Crippen molar-refractivity contribution in [2.75, 3.05) is 13.2 Å². The van der Waals surface area contributed by atoms with Gasteiger partial charge in [-0.1, -0.05) is 18.2 Å². The summed E-state index contributed by atoms with van der Waals surface area (Å²) in [7, 11) is 0. The molecule has 4 aromatic rings. The number of halogens is 1. The molecule has 0 saturated heterocycles. The van der Waals surface area contributed by atoms with E-state index in [1.165, 1.54) is 23.9 Å². The van der Waals surface area contributed by atoms with Crippen LogP contribution in [0.15, 0.2) is 87.0 Å². The standard InChI is InChI=1S/C25H21FN2O5S2/c26-16-5-9-18(10-6-16)34-15-21-20-3-1-2-4-22(20)33-23(21)24(29)27-13-14-32-17-7-11-19(12-8-17)35-25(30)28-31/h1-12,31H,13-15H2,(H,27,29)(H,28,30). The zero-order chi connectivity index (χ0) is 24.6. The number of furan rings is 1. The van der Waals surface area contributed by atoms with Crippen molar-refractivity contribution in [3.8, 4) is 5.75 Å². The third-order valence-electron chi connectivity index (χ3n) is 4.88. The first-order valence-corrected chi connectivity index (χ1v) is 12.4. The first-order valence-electron chi connectivity index (χ1n) is 10.6. The van der Waals surface area contributed by atoms with E-state index in [0.717, 1.165) is 27.6 Å². The Kier molecular flexibility index (Phi) is 8.30. The molecule has 0 radical (unpaired) electrons. The van der Waals surface area contributed by atoms with Crippen LogP contribution < -0.4 is 15.5 Å². The lowest BCUT2D eigenvalue weighted by molar-refractivity contribution is 0.0920. The molecule has 4 rings (SSSR count). The number of hydrogen-bond donors (Lipinski definition) is 3. The second-order valence-electron chi connectivity index (χ2n) is 7.23. The number of thioether (sulfide) groups is 2. The summed E-state index contributed by atoms with van der Waals surface area (Å²) < 4.78 is 24.7. The molecule has 3 N–H and O–H groups in total. The van der Waals surface area contributed by atoms with Crippen LogP contribution in [0.2, 0.25) is 0 Å². The smallest absolute Gasteiger partial charge is 0.307 e. The zero-order valence-corrected chi connectivity index (χ0v) is 20.0. The lowest BCUT2D eigenvalue weighted by atomic mass is 10.1. The molecule has 3 aromatic carbocycles. The van der Waals surface area contributed by atoms with Gasteiger partial charge in [0.15, 0.2) is 5.76 Å². The number of amides is 2. The molecule has 1 aromatic heterocycles. The Morgan fingerprint density at radius 2 is 1.69 bits per heavy atom. The average molecular weight is 513 g/mol. The molecule has 0 saturated carbocycles. The van der Waals surface area contributed by atoms with Crippen molar-refractivity contribution in [1.29, 1.82) is 0 Å². The number of benzene rings is 3. The van der Waals surface area contributed by atoms with Gasteiger partial charge in [0.25, 0.3) is 5.91 Å². The van der Waals surface area contributed by atoms with Gasteiger partial charge >= 0.3 is 5.24 Å². The Morgan fingerprint density at radius 3 is 2.43 bits per heavy atom. The number of hydroxylamine groups is 1. The van der Waals surface area contributed by atoms with Crippen molar-refractivity contribution in [1.82, 2.24) is 10.8 Å². The molecule has 0 atom stereocenters. The molecular weight excluding hydrogens is 491 g/mol. The van der Waals surface area contributed by atoms with E-state index in [1.807, 2.05) is 24.3 Å². The van der Waals surface area contributed by atoms with Gasteiger partial charge in [-0.3, -0.25) is 14.8 Å². The first kappa shape index (κ1) is 24.6. The molecule has 7 nitrogen and oxygen atoms in total. The third-order valence-corrected chi connectivity index (χ3v) is 6.71. The first-order chi connectivity index (χ1) is 17.0. The molecule has 0 bridgehead atoms. The topological polar surface area (TPSA) is 101 Å². The molecule has 0 aliphatic heterocycles. The summed E-state index contributed by atoms with van der Waals surface area (Å²) >= 11 is 2.34. The van der Waals surface area contributed by atoms with E-state index in [9.17, 15) is 14.0 Å². The Hall–Kier alpha value is -3.47. The highest BCUT2D eigenvalue weighted by atomic mass is 32.2. The fraction of sp³-hybridized carbons (Fsp3) is 0.120. The van der Waals surface area contributed by atoms with Gasteiger partial charge in [0, 0.05) is 26.5 Å². The number of fused-ring (bicyclic) bond motifs is 1. The van der Waals surface area contributed by atoms with Crippen molar-refractivity contribution >= 4 is 45.6 Å². The largest absolute Gasteiger partial charge is 0.492 e. The Bertz CT molecular complexity index is 1310. The van der Waals surface area contributed by atoms with Crippen LogP contribution in [0, 0.1) is 5.82 Å². The van der Waals surface area contributed by atoms with Crippen LogP contribution in [0.5, 0.6) is 5.75 Å². The lowest BCUT2D eigenvalue weighted by Gasteiger charge is -2.08. The molecular formula is C25H21FN2O5S2. The number of carbonyl (C=O) groups excluding carboxylic acids is 2. The van der Waals surface area contributed by atoms with Crippen molar-refractivity contribution in [3.63, 3.8) is 0 Å². The van der Waals surface area contributed by atoms with Gasteiger partial charge < -0.3 is 14.5 Å². The quantitative estimate of drug-likeness (QED) is 0.112. The van der Waals surface area contributed by atoms with Gasteiger partial charge in [-0.25, -0.2) is 9.87 Å². The number of para-hydroxylation sites is 1. The van der Waals surface area contributed by atoms with E-state index in [-0.39, 0.29) is 30.6 Å². The Balaban J connectivity index is 1.35. The second-order valence-corrected chi connectivity index (χ2v) is 9.32. The van der Waals surface area contributed by atoms with E-state index in [4.69, 9.17) is 14.4 Å². The number of carbonyl (C=O) groups is 2. The molecule has 1 heterocycles. The molecule has 0 aliphatic rings. The Morgan fingerprint density at radius 1 is 0.971 bits per heavy atom. The minimum atomic E-state index is -0.581. The summed E-state index contributed by atoms with van der Waals surface area (Å²) in [6, 6.07) is 20.4. The molecule has 0 fully saturated rings. The molecule has 35 heavy (non-hydrogen) atoms. The maximum Gasteiger partial charge on any atom is 0.307 e. The van der Waals surface area contributed by atoms with Gasteiger partial charge in [0.05, 0.1) is 6.54 Å². The third kappa shape index (κ3) is 6.56. The van der Waals surface area contributed by atoms with E-state index in [1.54, 1.807) is 41.9 Å². The van der Waals surface area contributed by atoms with Crippen LogP contribution in [0.25, 0.3) is 11.0 Å². The van der Waals surface area contributed by atoms with Crippen LogP contribution in [0.1, 0.15) is 16.1 Å². The van der Waals surface area contributed by atoms with E-state index < -0.39 is 5.24 Å². The normalized spacial score (nSPS) is 10.8. The Labute approximate surface area is 209 Å². The highest BCUT2D eigenvalue weighted by Gasteiger charge is 2.20. The molecule has 0 aliphatic carbocycles. The van der Waals surface area contributed by atoms with E-state index >= 15 is 0 Å². The number of hydrogen-bond acceptors (Lipinski definition) is 7. The fourth-order valence-corrected chi connectivity index (χ4v) is 4.72. The van der Waals surface area contributed by atoms with E-state index in [0.29, 0.717) is 22.0 Å². The monoisotopic (exact) mass is 512 g/mol. The SMILES string of the molecule is O=C(NO)Sc1ccc(OCCNC(=O)c2oc3ccccc3c2CSc2ccc(F)cc2)cc1. The fourth-order valence-electron chi connectivity index (χ4n) is 3.26. The maximum atomic E-state index is 13.2. The van der Waals surface area contributed by atoms with Crippen LogP contribution >= 0.6 is 23.5 Å². The lowest BCUT2D eigenvalue weighted by Crippen LogP contribution is -2.28. The molecule has 0 spiro atoms. The van der Waals surface area contributed by atoms with Crippen molar-refractivity contribution < 1.29 is 28.3 Å². The number of nitrogens with one attached hydrogen (secondary N) is 2. The highest BCUT2D eigenvalue weighted by molar-refractivity contribution is 8.13.